The van der Waals surface area contributed by atoms with E-state index < -0.39 is 0 Å². The van der Waals surface area contributed by atoms with Gasteiger partial charge in [-0.15, -0.1) is 0 Å². The van der Waals surface area contributed by atoms with Crippen molar-refractivity contribution in [3.8, 4) is 5.75 Å². The third-order valence-corrected chi connectivity index (χ3v) is 3.02. The molecule has 2 aromatic carbocycles. The van der Waals surface area contributed by atoms with Gasteiger partial charge in [-0.1, -0.05) is 6.07 Å². The Morgan fingerprint density at radius 2 is 1.92 bits per heavy atom. The lowest BCUT2D eigenvalue weighted by molar-refractivity contribution is -0.114. The topological polar surface area (TPSA) is 79.8 Å². The molecule has 0 atom stereocenters. The summed E-state index contributed by atoms with van der Waals surface area (Å²) in [5.74, 6) is 0.235. The van der Waals surface area contributed by atoms with Gasteiger partial charge in [0.2, 0.25) is 5.91 Å². The van der Waals surface area contributed by atoms with Crippen molar-refractivity contribution in [2.24, 2.45) is 5.10 Å². The molecule has 0 bridgehead atoms. The van der Waals surface area contributed by atoms with Crippen LogP contribution in [0.1, 0.15) is 29.8 Å². The molecule has 24 heavy (non-hydrogen) atoms. The molecule has 0 fully saturated rings. The number of hydrazone groups is 1. The van der Waals surface area contributed by atoms with Crippen LogP contribution < -0.4 is 15.5 Å². The minimum absolute atomic E-state index is 0.193. The zero-order valence-corrected chi connectivity index (χ0v) is 13.6. The predicted molar refractivity (Wildman–Crippen MR) is 93.4 cm³/mol. The maximum absolute atomic E-state index is 12.1. The summed E-state index contributed by atoms with van der Waals surface area (Å²) in [7, 11) is 0. The first-order valence-corrected chi connectivity index (χ1v) is 7.52. The van der Waals surface area contributed by atoms with E-state index in [0.717, 1.165) is 11.3 Å². The summed E-state index contributed by atoms with van der Waals surface area (Å²) in [6.07, 6.45) is 1.55. The first-order valence-electron chi connectivity index (χ1n) is 7.52. The Kier molecular flexibility index (Phi) is 6.08. The number of amides is 2. The van der Waals surface area contributed by atoms with Crippen molar-refractivity contribution in [2.45, 2.75) is 13.8 Å². The highest BCUT2D eigenvalue weighted by molar-refractivity contribution is 5.97. The third kappa shape index (κ3) is 5.24. The van der Waals surface area contributed by atoms with E-state index in [1.165, 1.54) is 6.92 Å². The second kappa shape index (κ2) is 8.47. The van der Waals surface area contributed by atoms with E-state index in [2.05, 4.69) is 15.8 Å². The molecule has 0 heterocycles. The first-order chi connectivity index (χ1) is 11.6. The third-order valence-electron chi connectivity index (χ3n) is 3.02. The zero-order chi connectivity index (χ0) is 17.4. The molecule has 0 saturated carbocycles. The standard InChI is InChI=1S/C18H19N3O3/c1-3-24-17-9-7-14(8-10-17)12-19-21-18(23)15-5-4-6-16(11-15)20-13(2)22/h4-12H,3H2,1-2H3,(H,20,22)(H,21,23)/b19-12-. The maximum atomic E-state index is 12.1. The van der Waals surface area contributed by atoms with Gasteiger partial charge in [-0.2, -0.15) is 5.10 Å². The number of carbonyl (C=O) groups excluding carboxylic acids is 2. The number of hydrogen-bond donors (Lipinski definition) is 2. The minimum Gasteiger partial charge on any atom is -0.494 e. The molecule has 0 unspecified atom stereocenters. The van der Waals surface area contributed by atoms with Crippen molar-refractivity contribution < 1.29 is 14.3 Å². The molecule has 0 aliphatic rings. The van der Waals surface area contributed by atoms with Crippen molar-refractivity contribution >= 4 is 23.7 Å². The Morgan fingerprint density at radius 1 is 1.17 bits per heavy atom. The summed E-state index contributed by atoms with van der Waals surface area (Å²) in [5.41, 5.74) is 4.26. The normalized spacial score (nSPS) is 10.4. The maximum Gasteiger partial charge on any atom is 0.271 e. The summed E-state index contributed by atoms with van der Waals surface area (Å²) in [4.78, 5) is 23.1. The molecule has 124 valence electrons. The van der Waals surface area contributed by atoms with Gasteiger partial charge in [0.05, 0.1) is 12.8 Å². The smallest absolute Gasteiger partial charge is 0.271 e. The van der Waals surface area contributed by atoms with Gasteiger partial charge in [-0.3, -0.25) is 9.59 Å². The minimum atomic E-state index is -0.357. The molecular formula is C18H19N3O3. The molecule has 2 N–H and O–H groups in total. The van der Waals surface area contributed by atoms with E-state index in [0.29, 0.717) is 17.9 Å². The van der Waals surface area contributed by atoms with Gasteiger partial charge >= 0.3 is 0 Å². The molecule has 6 nitrogen and oxygen atoms in total. The van der Waals surface area contributed by atoms with Gasteiger partial charge in [-0.05, 0) is 55.0 Å². The van der Waals surface area contributed by atoms with Gasteiger partial charge in [0.25, 0.3) is 5.91 Å². The first kappa shape index (κ1) is 17.2. The molecule has 0 saturated heterocycles. The van der Waals surface area contributed by atoms with Crippen LogP contribution in [0, 0.1) is 0 Å². The second-order valence-electron chi connectivity index (χ2n) is 4.96. The lowest BCUT2D eigenvalue weighted by Gasteiger charge is -2.05. The van der Waals surface area contributed by atoms with E-state index in [-0.39, 0.29) is 11.8 Å². The average Bonchev–Trinajstić information content (AvgIpc) is 2.56. The van der Waals surface area contributed by atoms with E-state index in [4.69, 9.17) is 4.74 Å². The molecule has 6 heteroatoms. The molecule has 0 spiro atoms. The lowest BCUT2D eigenvalue weighted by atomic mass is 10.2. The number of nitrogens with one attached hydrogen (secondary N) is 2. The van der Waals surface area contributed by atoms with E-state index in [9.17, 15) is 9.59 Å². The largest absolute Gasteiger partial charge is 0.494 e. The summed E-state index contributed by atoms with van der Waals surface area (Å²) < 4.78 is 5.36. The van der Waals surface area contributed by atoms with Crippen molar-refractivity contribution in [3.05, 3.63) is 59.7 Å². The van der Waals surface area contributed by atoms with Crippen molar-refractivity contribution in [1.29, 1.82) is 0 Å². The quantitative estimate of drug-likeness (QED) is 0.633. The fourth-order valence-corrected chi connectivity index (χ4v) is 1.99. The van der Waals surface area contributed by atoms with Crippen LogP contribution in [-0.4, -0.2) is 24.6 Å². The number of ether oxygens (including phenoxy) is 1. The molecular weight excluding hydrogens is 306 g/mol. The number of rotatable bonds is 6. The summed E-state index contributed by atoms with van der Waals surface area (Å²) in [5, 5.41) is 6.56. The Hall–Kier alpha value is -3.15. The van der Waals surface area contributed by atoms with Crippen LogP contribution in [0.3, 0.4) is 0 Å². The highest BCUT2D eigenvalue weighted by atomic mass is 16.5. The van der Waals surface area contributed by atoms with Crippen molar-refractivity contribution in [2.75, 3.05) is 11.9 Å². The van der Waals surface area contributed by atoms with E-state index in [1.807, 2.05) is 31.2 Å². The van der Waals surface area contributed by atoms with Gasteiger partial charge in [0, 0.05) is 18.2 Å². The Labute approximate surface area is 140 Å². The molecule has 0 aliphatic carbocycles. The van der Waals surface area contributed by atoms with Crippen LogP contribution in [0.4, 0.5) is 5.69 Å². The number of nitrogens with zero attached hydrogens (tertiary/aromatic N) is 1. The molecule has 2 amide bonds. The molecule has 0 aromatic heterocycles. The van der Waals surface area contributed by atoms with Crippen LogP contribution >= 0.6 is 0 Å². The fourth-order valence-electron chi connectivity index (χ4n) is 1.99. The van der Waals surface area contributed by atoms with Gasteiger partial charge < -0.3 is 10.1 Å². The van der Waals surface area contributed by atoms with E-state index in [1.54, 1.807) is 30.5 Å². The van der Waals surface area contributed by atoms with Gasteiger partial charge in [-0.25, -0.2) is 5.43 Å². The molecule has 2 aromatic rings. The Morgan fingerprint density at radius 3 is 2.58 bits per heavy atom. The monoisotopic (exact) mass is 325 g/mol. The van der Waals surface area contributed by atoms with Crippen LogP contribution in [0.2, 0.25) is 0 Å². The Bertz CT molecular complexity index is 739. The fraction of sp³-hybridized carbons (Fsp3) is 0.167. The highest BCUT2D eigenvalue weighted by Gasteiger charge is 2.05. The van der Waals surface area contributed by atoms with Crippen molar-refractivity contribution in [3.63, 3.8) is 0 Å². The van der Waals surface area contributed by atoms with Crippen molar-refractivity contribution in [1.82, 2.24) is 5.43 Å². The highest BCUT2D eigenvalue weighted by Crippen LogP contribution is 2.11. The Balaban J connectivity index is 1.95. The summed E-state index contributed by atoms with van der Waals surface area (Å²) in [6, 6.07) is 14.0. The zero-order valence-electron chi connectivity index (χ0n) is 13.6. The van der Waals surface area contributed by atoms with Gasteiger partial charge in [0.15, 0.2) is 0 Å². The number of carbonyl (C=O) groups is 2. The van der Waals surface area contributed by atoms with Crippen LogP contribution in [0.25, 0.3) is 0 Å². The van der Waals surface area contributed by atoms with E-state index >= 15 is 0 Å². The SMILES string of the molecule is CCOc1ccc(/C=N\NC(=O)c2cccc(NC(C)=O)c2)cc1. The number of hydrogen-bond acceptors (Lipinski definition) is 4. The summed E-state index contributed by atoms with van der Waals surface area (Å²) >= 11 is 0. The van der Waals surface area contributed by atoms with Crippen LogP contribution in [-0.2, 0) is 4.79 Å². The number of anilines is 1. The van der Waals surface area contributed by atoms with Crippen LogP contribution in [0.5, 0.6) is 5.75 Å². The molecule has 0 aliphatic heterocycles. The molecule has 0 radical (unpaired) electrons. The summed E-state index contributed by atoms with van der Waals surface area (Å²) in [6.45, 7) is 3.95. The van der Waals surface area contributed by atoms with Gasteiger partial charge in [0.1, 0.15) is 5.75 Å². The average molecular weight is 325 g/mol. The number of benzene rings is 2. The predicted octanol–water partition coefficient (Wildman–Crippen LogP) is 2.81. The van der Waals surface area contributed by atoms with Crippen LogP contribution in [0.15, 0.2) is 53.6 Å². The second-order valence-corrected chi connectivity index (χ2v) is 4.96. The lowest BCUT2D eigenvalue weighted by Crippen LogP contribution is -2.18. The molecule has 2 rings (SSSR count).